The second kappa shape index (κ2) is 6.21. The van der Waals surface area contributed by atoms with Gasteiger partial charge in [0.15, 0.2) is 0 Å². The third-order valence-corrected chi connectivity index (χ3v) is 6.31. The molecule has 2 rings (SSSR count). The number of nitrogens with zero attached hydrogens (tertiary/aromatic N) is 1. The average Bonchev–Trinajstić information content (AvgIpc) is 2.90. The molecule has 0 amide bonds. The number of carboxylic acids is 1. The molecule has 20 heavy (non-hydrogen) atoms. The van der Waals surface area contributed by atoms with Crippen LogP contribution >= 0.6 is 11.3 Å². The summed E-state index contributed by atoms with van der Waals surface area (Å²) in [7, 11) is -1.72. The minimum Gasteiger partial charge on any atom is -0.477 e. The Morgan fingerprint density at radius 1 is 1.60 bits per heavy atom. The molecule has 1 aromatic heterocycles. The van der Waals surface area contributed by atoms with Gasteiger partial charge in [-0.3, -0.25) is 0 Å². The quantitative estimate of drug-likeness (QED) is 0.848. The number of thiophene rings is 1. The van der Waals surface area contributed by atoms with Gasteiger partial charge < -0.3 is 10.4 Å². The lowest BCUT2D eigenvalue weighted by Crippen LogP contribution is -2.42. The van der Waals surface area contributed by atoms with Crippen LogP contribution in [-0.4, -0.2) is 50.5 Å². The molecule has 1 aromatic rings. The van der Waals surface area contributed by atoms with Gasteiger partial charge in [-0.15, -0.1) is 11.3 Å². The molecule has 1 saturated heterocycles. The normalized spacial score (nSPS) is 20.9. The van der Waals surface area contributed by atoms with E-state index in [-0.39, 0.29) is 9.77 Å². The highest BCUT2D eigenvalue weighted by molar-refractivity contribution is 7.89. The van der Waals surface area contributed by atoms with Crippen LogP contribution in [0.15, 0.2) is 16.3 Å². The van der Waals surface area contributed by atoms with Crippen LogP contribution in [0.1, 0.15) is 22.5 Å². The first-order valence-corrected chi connectivity index (χ1v) is 8.73. The van der Waals surface area contributed by atoms with Crippen molar-refractivity contribution in [3.63, 3.8) is 0 Å². The summed E-state index contributed by atoms with van der Waals surface area (Å²) in [4.78, 5) is 11.0. The largest absolute Gasteiger partial charge is 0.477 e. The number of hydrogen-bond acceptors (Lipinski definition) is 5. The summed E-state index contributed by atoms with van der Waals surface area (Å²) < 4.78 is 26.4. The standard InChI is InChI=1S/C12H18N2O4S2/c1-13-6-9-3-2-4-14(7-9)20(17,18)10-5-11(12(15)16)19-8-10/h5,8-9,13H,2-4,6-7H2,1H3,(H,15,16). The monoisotopic (exact) mass is 318 g/mol. The molecule has 6 nitrogen and oxygen atoms in total. The Morgan fingerprint density at radius 3 is 2.95 bits per heavy atom. The fourth-order valence-corrected chi connectivity index (χ4v) is 5.07. The van der Waals surface area contributed by atoms with Crippen molar-refractivity contribution < 1.29 is 18.3 Å². The summed E-state index contributed by atoms with van der Waals surface area (Å²) in [5.41, 5.74) is 0. The molecule has 2 N–H and O–H groups in total. The van der Waals surface area contributed by atoms with Gasteiger partial charge in [0.25, 0.3) is 0 Å². The van der Waals surface area contributed by atoms with Crippen LogP contribution in [0.3, 0.4) is 0 Å². The third kappa shape index (κ3) is 3.20. The first-order chi connectivity index (χ1) is 9.45. The second-order valence-corrected chi connectivity index (χ2v) is 7.73. The Hall–Kier alpha value is -0.960. The molecule has 0 bridgehead atoms. The van der Waals surface area contributed by atoms with E-state index in [1.807, 2.05) is 7.05 Å². The van der Waals surface area contributed by atoms with E-state index < -0.39 is 16.0 Å². The molecule has 0 spiro atoms. The number of hydrogen-bond donors (Lipinski definition) is 2. The van der Waals surface area contributed by atoms with E-state index in [1.54, 1.807) is 0 Å². The number of nitrogens with one attached hydrogen (secondary N) is 1. The predicted octanol–water partition coefficient (Wildman–Crippen LogP) is 1.07. The molecule has 0 saturated carbocycles. The van der Waals surface area contributed by atoms with Crippen LogP contribution < -0.4 is 5.32 Å². The Bertz CT molecular complexity index is 580. The van der Waals surface area contributed by atoms with Crippen molar-refractivity contribution in [2.75, 3.05) is 26.7 Å². The van der Waals surface area contributed by atoms with Crippen molar-refractivity contribution in [2.24, 2.45) is 5.92 Å². The summed E-state index contributed by atoms with van der Waals surface area (Å²) >= 11 is 0.942. The lowest BCUT2D eigenvalue weighted by molar-refractivity contribution is 0.0702. The zero-order chi connectivity index (χ0) is 14.8. The van der Waals surface area contributed by atoms with E-state index in [2.05, 4.69) is 5.32 Å². The van der Waals surface area contributed by atoms with Crippen molar-refractivity contribution in [3.8, 4) is 0 Å². The first-order valence-electron chi connectivity index (χ1n) is 6.41. The van der Waals surface area contributed by atoms with E-state index in [4.69, 9.17) is 5.11 Å². The summed E-state index contributed by atoms with van der Waals surface area (Å²) in [5.74, 6) is -0.788. The number of sulfonamides is 1. The van der Waals surface area contributed by atoms with Crippen LogP contribution in [0.2, 0.25) is 0 Å². The molecule has 2 heterocycles. The Kier molecular flexibility index (Phi) is 4.79. The highest BCUT2D eigenvalue weighted by atomic mass is 32.2. The van der Waals surface area contributed by atoms with Gasteiger partial charge in [0.05, 0.1) is 4.90 Å². The molecule has 0 radical (unpaired) electrons. The number of piperidine rings is 1. The molecule has 1 fully saturated rings. The average molecular weight is 318 g/mol. The maximum Gasteiger partial charge on any atom is 0.345 e. The Labute approximate surface area is 122 Å². The van der Waals surface area contributed by atoms with Gasteiger partial charge in [-0.05, 0) is 38.4 Å². The zero-order valence-corrected chi connectivity index (χ0v) is 12.8. The SMILES string of the molecule is CNCC1CCCN(S(=O)(=O)c2csc(C(=O)O)c2)C1. The molecule has 8 heteroatoms. The highest BCUT2D eigenvalue weighted by Crippen LogP contribution is 2.26. The van der Waals surface area contributed by atoms with Gasteiger partial charge in [0, 0.05) is 18.5 Å². The first kappa shape index (κ1) is 15.4. The highest BCUT2D eigenvalue weighted by Gasteiger charge is 2.31. The van der Waals surface area contributed by atoms with E-state index in [0.717, 1.165) is 30.7 Å². The van der Waals surface area contributed by atoms with Crippen LogP contribution in [0, 0.1) is 5.92 Å². The summed E-state index contributed by atoms with van der Waals surface area (Å²) in [5, 5.41) is 13.4. The summed E-state index contributed by atoms with van der Waals surface area (Å²) in [6.45, 7) is 1.78. The third-order valence-electron chi connectivity index (χ3n) is 3.40. The Morgan fingerprint density at radius 2 is 2.35 bits per heavy atom. The number of carboxylic acid groups (broad SMARTS) is 1. The minimum absolute atomic E-state index is 0.0485. The van der Waals surface area contributed by atoms with Crippen molar-refractivity contribution in [3.05, 3.63) is 16.3 Å². The lowest BCUT2D eigenvalue weighted by atomic mass is 10.00. The van der Waals surface area contributed by atoms with Crippen LogP contribution in [0.4, 0.5) is 0 Å². The molecule has 0 aliphatic carbocycles. The molecule has 1 atom stereocenters. The van der Waals surface area contributed by atoms with Crippen molar-refractivity contribution >= 4 is 27.3 Å². The molecular formula is C12H18N2O4S2. The van der Waals surface area contributed by atoms with E-state index in [9.17, 15) is 13.2 Å². The maximum atomic E-state index is 12.5. The van der Waals surface area contributed by atoms with Gasteiger partial charge in [-0.1, -0.05) is 0 Å². The molecule has 0 aromatic carbocycles. The maximum absolute atomic E-state index is 12.5. The zero-order valence-electron chi connectivity index (χ0n) is 11.2. The predicted molar refractivity (Wildman–Crippen MR) is 76.7 cm³/mol. The van der Waals surface area contributed by atoms with Crippen LogP contribution in [0.5, 0.6) is 0 Å². The molecule has 1 unspecified atom stereocenters. The fraction of sp³-hybridized carbons (Fsp3) is 0.583. The number of carbonyl (C=O) groups is 1. The molecule has 1 aliphatic heterocycles. The topological polar surface area (TPSA) is 86.7 Å². The Balaban J connectivity index is 2.18. The minimum atomic E-state index is -3.57. The van der Waals surface area contributed by atoms with Gasteiger partial charge in [0.1, 0.15) is 4.88 Å². The number of aromatic carboxylic acids is 1. The van der Waals surface area contributed by atoms with E-state index >= 15 is 0 Å². The van der Waals surface area contributed by atoms with Crippen molar-refractivity contribution in [1.29, 1.82) is 0 Å². The summed E-state index contributed by atoms with van der Waals surface area (Å²) in [6, 6.07) is 1.24. The van der Waals surface area contributed by atoms with Crippen LogP contribution in [0.25, 0.3) is 0 Å². The smallest absolute Gasteiger partial charge is 0.345 e. The van der Waals surface area contributed by atoms with Crippen molar-refractivity contribution in [2.45, 2.75) is 17.7 Å². The van der Waals surface area contributed by atoms with E-state index in [1.165, 1.54) is 15.8 Å². The molecular weight excluding hydrogens is 300 g/mol. The summed E-state index contributed by atoms with van der Waals surface area (Å²) in [6.07, 6.45) is 1.85. The second-order valence-electron chi connectivity index (χ2n) is 4.88. The van der Waals surface area contributed by atoms with Gasteiger partial charge in [-0.25, -0.2) is 13.2 Å². The lowest BCUT2D eigenvalue weighted by Gasteiger charge is -2.31. The van der Waals surface area contributed by atoms with Gasteiger partial charge in [0.2, 0.25) is 10.0 Å². The van der Waals surface area contributed by atoms with Crippen molar-refractivity contribution in [1.82, 2.24) is 9.62 Å². The van der Waals surface area contributed by atoms with E-state index in [0.29, 0.717) is 19.0 Å². The molecule has 1 aliphatic rings. The van der Waals surface area contributed by atoms with Gasteiger partial charge >= 0.3 is 5.97 Å². The van der Waals surface area contributed by atoms with Gasteiger partial charge in [-0.2, -0.15) is 4.31 Å². The van der Waals surface area contributed by atoms with Crippen LogP contribution in [-0.2, 0) is 10.0 Å². The molecule has 112 valence electrons. The number of rotatable bonds is 5. The fourth-order valence-electron chi connectivity index (χ4n) is 2.42.